The molecule has 0 unspecified atom stereocenters. The number of hydrogen-bond donors (Lipinski definition) is 2. The van der Waals surface area contributed by atoms with Crippen LogP contribution in [0.3, 0.4) is 0 Å². The van der Waals surface area contributed by atoms with Crippen LogP contribution in [0.1, 0.15) is 49.7 Å². The fraction of sp³-hybridized carbons (Fsp3) is 0.269. The van der Waals surface area contributed by atoms with Crippen LogP contribution in [-0.2, 0) is 6.54 Å². The second-order valence-electron chi connectivity index (χ2n) is 8.86. The fourth-order valence-corrected chi connectivity index (χ4v) is 4.34. The first kappa shape index (κ1) is 23.3. The summed E-state index contributed by atoms with van der Waals surface area (Å²) in [5.41, 5.74) is 11.9. The van der Waals surface area contributed by atoms with Crippen LogP contribution >= 0.6 is 0 Å². The van der Waals surface area contributed by atoms with Gasteiger partial charge in [-0.05, 0) is 44.0 Å². The Bertz CT molecular complexity index is 1560. The number of aromatic nitrogens is 7. The lowest BCUT2D eigenvalue weighted by Gasteiger charge is -2.11. The van der Waals surface area contributed by atoms with Crippen LogP contribution in [-0.4, -0.2) is 46.5 Å². The molecule has 0 radical (unpaired) electrons. The number of imidazole rings is 1. The molecule has 0 fully saturated rings. The Kier molecular flexibility index (Phi) is 6.01. The molecule has 0 spiro atoms. The van der Waals surface area contributed by atoms with Crippen LogP contribution in [0, 0.1) is 0 Å². The summed E-state index contributed by atoms with van der Waals surface area (Å²) in [6, 6.07) is 7.42. The van der Waals surface area contributed by atoms with E-state index in [9.17, 15) is 4.79 Å². The van der Waals surface area contributed by atoms with Crippen molar-refractivity contribution in [2.75, 3.05) is 11.9 Å². The average molecular weight is 484 g/mol. The van der Waals surface area contributed by atoms with E-state index in [1.54, 1.807) is 18.6 Å². The van der Waals surface area contributed by atoms with Crippen molar-refractivity contribution in [3.63, 3.8) is 0 Å². The number of rotatable bonds is 8. The number of anilines is 1. The minimum absolute atomic E-state index is 0.153. The molecule has 0 aliphatic carbocycles. The normalized spacial score (nSPS) is 11.5. The second-order valence-corrected chi connectivity index (χ2v) is 8.86. The van der Waals surface area contributed by atoms with Gasteiger partial charge in [0.15, 0.2) is 5.65 Å². The summed E-state index contributed by atoms with van der Waals surface area (Å²) in [5, 5.41) is 13.5. The lowest BCUT2D eigenvalue weighted by atomic mass is 10.1. The van der Waals surface area contributed by atoms with Gasteiger partial charge in [-0.15, -0.1) is 0 Å². The van der Waals surface area contributed by atoms with Gasteiger partial charge < -0.3 is 15.6 Å². The molecule has 36 heavy (non-hydrogen) atoms. The van der Waals surface area contributed by atoms with Gasteiger partial charge in [0.05, 0.1) is 46.2 Å². The van der Waals surface area contributed by atoms with Crippen molar-refractivity contribution < 1.29 is 4.79 Å². The van der Waals surface area contributed by atoms with Crippen LogP contribution in [0.5, 0.6) is 0 Å². The lowest BCUT2D eigenvalue weighted by molar-refractivity contribution is 0.100. The highest BCUT2D eigenvalue weighted by Gasteiger charge is 2.21. The van der Waals surface area contributed by atoms with Crippen molar-refractivity contribution in [2.45, 2.75) is 40.2 Å². The molecule has 0 aliphatic heterocycles. The van der Waals surface area contributed by atoms with Crippen molar-refractivity contribution in [1.82, 2.24) is 34.1 Å². The summed E-state index contributed by atoms with van der Waals surface area (Å²) in [7, 11) is 0. The Morgan fingerprint density at radius 1 is 1.14 bits per heavy atom. The molecule has 0 atom stereocenters. The molecule has 1 amide bonds. The maximum absolute atomic E-state index is 11.9. The van der Waals surface area contributed by atoms with Gasteiger partial charge in [0.1, 0.15) is 0 Å². The first-order valence-corrected chi connectivity index (χ1v) is 12.0. The van der Waals surface area contributed by atoms with Crippen LogP contribution in [0.2, 0.25) is 0 Å². The molecular formula is C26H29N9O. The molecule has 4 aromatic heterocycles. The van der Waals surface area contributed by atoms with E-state index in [1.807, 2.05) is 57.6 Å². The topological polar surface area (TPSA) is 121 Å². The summed E-state index contributed by atoms with van der Waals surface area (Å²) in [6.07, 6.45) is 9.40. The number of amides is 1. The molecule has 0 saturated heterocycles. The Hall–Kier alpha value is -4.47. The zero-order valence-corrected chi connectivity index (χ0v) is 20.8. The standard InChI is InChI=1S/C26H29N9O/c1-5-28-20-11-18(7-8-19(20)25(27)36)35-26-23(24(32-35)16(3)4)22(9-10-29-26)33-14-21(30-15-33)17-12-31-34(6-2)13-17/h7-16,28H,5-6H2,1-4H3,(H2,27,36). The third kappa shape index (κ3) is 4.00. The number of primary amides is 1. The Morgan fingerprint density at radius 2 is 1.97 bits per heavy atom. The van der Waals surface area contributed by atoms with Crippen LogP contribution in [0.15, 0.2) is 55.4 Å². The van der Waals surface area contributed by atoms with Gasteiger partial charge in [0.2, 0.25) is 0 Å². The van der Waals surface area contributed by atoms with Gasteiger partial charge in [-0.3, -0.25) is 9.48 Å². The van der Waals surface area contributed by atoms with Gasteiger partial charge in [0, 0.05) is 42.9 Å². The number of nitrogens with one attached hydrogen (secondary N) is 1. The number of pyridine rings is 1. The van der Waals surface area contributed by atoms with E-state index in [0.29, 0.717) is 17.8 Å². The van der Waals surface area contributed by atoms with E-state index in [4.69, 9.17) is 15.8 Å². The van der Waals surface area contributed by atoms with Crippen molar-refractivity contribution in [3.05, 3.63) is 66.6 Å². The SMILES string of the molecule is CCNc1cc(-n2nc(C(C)C)c3c(-n4cnc(-c5cnn(CC)c5)c4)ccnc32)ccc1C(N)=O. The van der Waals surface area contributed by atoms with E-state index in [2.05, 4.69) is 36.2 Å². The molecular weight excluding hydrogens is 454 g/mol. The first-order chi connectivity index (χ1) is 17.4. The van der Waals surface area contributed by atoms with Crippen LogP contribution < -0.4 is 11.1 Å². The van der Waals surface area contributed by atoms with Crippen molar-refractivity contribution in [1.29, 1.82) is 0 Å². The zero-order chi connectivity index (χ0) is 25.4. The molecule has 0 saturated carbocycles. The number of benzene rings is 1. The largest absolute Gasteiger partial charge is 0.385 e. The molecule has 184 valence electrons. The maximum atomic E-state index is 11.9. The van der Waals surface area contributed by atoms with Gasteiger partial charge >= 0.3 is 0 Å². The van der Waals surface area contributed by atoms with E-state index in [1.165, 1.54) is 0 Å². The van der Waals surface area contributed by atoms with Crippen molar-refractivity contribution in [3.8, 4) is 22.6 Å². The molecule has 10 heteroatoms. The predicted molar refractivity (Wildman–Crippen MR) is 140 cm³/mol. The quantitative estimate of drug-likeness (QED) is 0.342. The molecule has 10 nitrogen and oxygen atoms in total. The molecule has 1 aromatic carbocycles. The maximum Gasteiger partial charge on any atom is 0.250 e. The van der Waals surface area contributed by atoms with E-state index < -0.39 is 5.91 Å². The second kappa shape index (κ2) is 9.29. The number of carbonyl (C=O) groups excluding carboxylic acids is 1. The molecule has 3 N–H and O–H groups in total. The molecule has 5 rings (SSSR count). The summed E-state index contributed by atoms with van der Waals surface area (Å²) < 4.78 is 5.70. The summed E-state index contributed by atoms with van der Waals surface area (Å²) in [6.45, 7) is 9.71. The molecule has 4 heterocycles. The summed E-state index contributed by atoms with van der Waals surface area (Å²) in [4.78, 5) is 21.2. The summed E-state index contributed by atoms with van der Waals surface area (Å²) in [5.74, 6) is -0.327. The highest BCUT2D eigenvalue weighted by Crippen LogP contribution is 2.32. The lowest BCUT2D eigenvalue weighted by Crippen LogP contribution is -2.15. The third-order valence-electron chi connectivity index (χ3n) is 6.11. The highest BCUT2D eigenvalue weighted by molar-refractivity contribution is 5.99. The van der Waals surface area contributed by atoms with Gasteiger partial charge in [0.25, 0.3) is 5.91 Å². The molecule has 5 aromatic rings. The monoisotopic (exact) mass is 483 g/mol. The number of nitrogens with zero attached hydrogens (tertiary/aromatic N) is 7. The Labute approximate surface area is 208 Å². The minimum Gasteiger partial charge on any atom is -0.385 e. The number of aryl methyl sites for hydroxylation is 1. The van der Waals surface area contributed by atoms with Gasteiger partial charge in [-0.25, -0.2) is 14.6 Å². The Morgan fingerprint density at radius 3 is 2.67 bits per heavy atom. The van der Waals surface area contributed by atoms with Gasteiger partial charge in [-0.1, -0.05) is 13.8 Å². The number of fused-ring (bicyclic) bond motifs is 1. The van der Waals surface area contributed by atoms with E-state index in [-0.39, 0.29) is 5.92 Å². The number of hydrogen-bond acceptors (Lipinski definition) is 6. The fourth-order valence-electron chi connectivity index (χ4n) is 4.34. The smallest absolute Gasteiger partial charge is 0.250 e. The third-order valence-corrected chi connectivity index (χ3v) is 6.11. The number of nitrogens with two attached hydrogens (primary N) is 1. The predicted octanol–water partition coefficient (Wildman–Crippen LogP) is 4.14. The van der Waals surface area contributed by atoms with E-state index in [0.717, 1.165) is 45.9 Å². The van der Waals surface area contributed by atoms with Crippen LogP contribution in [0.4, 0.5) is 5.69 Å². The average Bonchev–Trinajstić information content (AvgIpc) is 3.62. The van der Waals surface area contributed by atoms with Crippen LogP contribution in [0.25, 0.3) is 33.7 Å². The van der Waals surface area contributed by atoms with E-state index >= 15 is 0 Å². The summed E-state index contributed by atoms with van der Waals surface area (Å²) >= 11 is 0. The van der Waals surface area contributed by atoms with Gasteiger partial charge in [-0.2, -0.15) is 10.2 Å². The Balaban J connectivity index is 1.66. The minimum atomic E-state index is -0.480. The first-order valence-electron chi connectivity index (χ1n) is 12.0. The molecule has 0 aliphatic rings. The highest BCUT2D eigenvalue weighted by atomic mass is 16.1. The van der Waals surface area contributed by atoms with Crippen molar-refractivity contribution in [2.24, 2.45) is 5.73 Å². The van der Waals surface area contributed by atoms with Crippen molar-refractivity contribution >= 4 is 22.6 Å². The number of carbonyl (C=O) groups is 1. The zero-order valence-electron chi connectivity index (χ0n) is 20.8. The molecule has 0 bridgehead atoms.